The first-order valence-corrected chi connectivity index (χ1v) is 21.2. The molecular weight excluding hydrogens is 818 g/mol. The van der Waals surface area contributed by atoms with Crippen molar-refractivity contribution >= 4 is 61.2 Å². The Hall–Kier alpha value is -5.48. The van der Waals surface area contributed by atoms with Gasteiger partial charge in [-0.15, -0.1) is 0 Å². The summed E-state index contributed by atoms with van der Waals surface area (Å²) in [6.07, 6.45) is 4.03. The first-order chi connectivity index (χ1) is 33.8. The minimum Gasteiger partial charge on any atom is -0.455 e. The van der Waals surface area contributed by atoms with Crippen LogP contribution in [0.5, 0.6) is 11.5 Å². The summed E-state index contributed by atoms with van der Waals surface area (Å²) in [5, 5.41) is 15.6. The summed E-state index contributed by atoms with van der Waals surface area (Å²) in [7, 11) is -5.01. The minimum atomic E-state index is -5.01. The van der Waals surface area contributed by atoms with Gasteiger partial charge >= 0.3 is 0 Å². The molecule has 0 unspecified atom stereocenters. The normalized spacial score (nSPS) is 24.3. The maximum Gasteiger partial charge on any atom is 0.293 e. The summed E-state index contributed by atoms with van der Waals surface area (Å²) in [6, 6.07) is 14.7. The largest absolute Gasteiger partial charge is 0.455 e. The second kappa shape index (κ2) is 17.9. The number of fused-ring (bicyclic) bond motifs is 1. The van der Waals surface area contributed by atoms with Crippen LogP contribution >= 0.6 is 11.6 Å². The van der Waals surface area contributed by atoms with Gasteiger partial charge in [-0.1, -0.05) is 43.2 Å². The van der Waals surface area contributed by atoms with E-state index < -0.39 is 93.3 Å². The third-order valence-electron chi connectivity index (χ3n) is 10.5. The maximum atomic E-state index is 14.2. The Bertz CT molecular complexity index is 3110. The zero-order valence-corrected chi connectivity index (χ0v) is 34.6. The van der Waals surface area contributed by atoms with Crippen molar-refractivity contribution in [2.75, 3.05) is 62.4 Å². The number of ether oxygens (including phenoxy) is 2. The van der Waals surface area contributed by atoms with Crippen LogP contribution in [0.15, 0.2) is 95.7 Å². The molecule has 0 bridgehead atoms. The van der Waals surface area contributed by atoms with Gasteiger partial charge in [-0.05, 0) is 103 Å². The molecule has 2 aliphatic heterocycles. The Kier molecular flexibility index (Phi) is 8.70. The number of nitrogens with zero attached hydrogens (tertiary/aromatic N) is 4. The van der Waals surface area contributed by atoms with Crippen molar-refractivity contribution in [2.24, 2.45) is 11.3 Å². The first-order valence-electron chi connectivity index (χ1n) is 25.4. The van der Waals surface area contributed by atoms with Crippen molar-refractivity contribution in [1.29, 1.82) is 0 Å². The average Bonchev–Trinajstić information content (AvgIpc) is 3.76. The number of anilines is 2. The molecule has 1 aliphatic carbocycles. The van der Waals surface area contributed by atoms with E-state index in [9.17, 15) is 37.0 Å². The van der Waals surface area contributed by atoms with Gasteiger partial charge in [-0.2, -0.15) is 0 Å². The lowest BCUT2D eigenvalue weighted by Crippen LogP contribution is -2.47. The lowest BCUT2D eigenvalue weighted by molar-refractivity contribution is -0.384. The van der Waals surface area contributed by atoms with Gasteiger partial charge in [-0.25, -0.2) is 18.1 Å². The number of carbonyl (C=O) groups excluding carboxylic acids is 1. The van der Waals surface area contributed by atoms with Crippen LogP contribution in [0.2, 0.25) is 5.02 Å². The fourth-order valence-electron chi connectivity index (χ4n) is 7.13. The number of pyridine rings is 1. The van der Waals surface area contributed by atoms with Crippen LogP contribution in [0.3, 0.4) is 0 Å². The van der Waals surface area contributed by atoms with E-state index in [0.717, 1.165) is 30.3 Å². The third-order valence-corrected chi connectivity index (χ3v) is 12.0. The summed E-state index contributed by atoms with van der Waals surface area (Å²) in [4.78, 5) is 32.0. The molecule has 320 valence electrons. The van der Waals surface area contributed by atoms with Crippen LogP contribution < -0.4 is 19.7 Å². The number of sulfonamides is 1. The van der Waals surface area contributed by atoms with Gasteiger partial charge < -0.3 is 24.7 Å². The van der Waals surface area contributed by atoms with Gasteiger partial charge in [0.2, 0.25) is 0 Å². The van der Waals surface area contributed by atoms with E-state index >= 15 is 0 Å². The molecule has 3 N–H and O–H groups in total. The van der Waals surface area contributed by atoms with Crippen molar-refractivity contribution < 1.29 is 44.1 Å². The summed E-state index contributed by atoms with van der Waals surface area (Å²) in [6.45, 7) is -15.6. The van der Waals surface area contributed by atoms with Crippen LogP contribution in [0.25, 0.3) is 16.6 Å². The molecular formula is C45H50ClN7O7S. The molecule has 1 amide bonds. The number of amides is 1. The number of aromatic amines is 1. The second-order valence-corrected chi connectivity index (χ2v) is 17.5. The molecule has 5 aromatic rings. The highest BCUT2D eigenvalue weighted by Crippen LogP contribution is 2.43. The van der Waals surface area contributed by atoms with Crippen molar-refractivity contribution in [3.8, 4) is 11.5 Å². The summed E-state index contributed by atoms with van der Waals surface area (Å²) < 4.78 is 152. The lowest BCUT2D eigenvalue weighted by Gasteiger charge is -2.39. The highest BCUT2D eigenvalue weighted by atomic mass is 35.5. The van der Waals surface area contributed by atoms with Gasteiger partial charge in [0, 0.05) is 97.6 Å². The Morgan fingerprint density at radius 1 is 1.08 bits per heavy atom. The number of halogens is 1. The van der Waals surface area contributed by atoms with E-state index in [-0.39, 0.29) is 58.3 Å². The molecule has 3 aliphatic rings. The van der Waals surface area contributed by atoms with E-state index in [4.69, 9.17) is 23.8 Å². The molecule has 0 atom stereocenters. The topological polar surface area (TPSA) is 172 Å². The molecule has 61 heavy (non-hydrogen) atoms. The fourth-order valence-corrected chi connectivity index (χ4v) is 8.24. The van der Waals surface area contributed by atoms with Crippen molar-refractivity contribution in [3.05, 3.63) is 117 Å². The van der Waals surface area contributed by atoms with Gasteiger partial charge in [0.05, 0.1) is 27.1 Å². The zero-order valence-electron chi connectivity index (χ0n) is 45.0. The van der Waals surface area contributed by atoms with E-state index in [0.29, 0.717) is 52.5 Å². The highest BCUT2D eigenvalue weighted by molar-refractivity contribution is 7.90. The molecule has 2 fully saturated rings. The smallest absolute Gasteiger partial charge is 0.293 e. The van der Waals surface area contributed by atoms with Gasteiger partial charge in [0.25, 0.3) is 21.6 Å². The molecule has 3 aromatic carbocycles. The number of allylic oxidation sites excluding steroid dienone is 1. The van der Waals surface area contributed by atoms with Gasteiger partial charge in [-0.3, -0.25) is 19.8 Å². The number of hydrogen-bond acceptors (Lipinski definition) is 11. The Balaban J connectivity index is 1.18. The van der Waals surface area contributed by atoms with E-state index in [1.165, 1.54) is 12.3 Å². The molecule has 4 heterocycles. The van der Waals surface area contributed by atoms with Crippen molar-refractivity contribution in [1.82, 2.24) is 19.6 Å². The second-order valence-electron chi connectivity index (χ2n) is 15.4. The van der Waals surface area contributed by atoms with E-state index in [1.807, 2.05) is 18.6 Å². The van der Waals surface area contributed by atoms with Crippen LogP contribution in [0, 0.1) is 21.4 Å². The summed E-state index contributed by atoms with van der Waals surface area (Å²) >= 11 is 6.17. The highest BCUT2D eigenvalue weighted by Gasteiger charge is 2.31. The molecule has 2 aromatic heterocycles. The molecule has 16 heteroatoms. The first kappa shape index (κ1) is 29.7. The predicted molar refractivity (Wildman–Crippen MR) is 237 cm³/mol. The minimum absolute atomic E-state index is 0.0192. The van der Waals surface area contributed by atoms with Crippen LogP contribution in [0.4, 0.5) is 17.1 Å². The summed E-state index contributed by atoms with van der Waals surface area (Å²) in [5.74, 6) is -2.70. The SMILES string of the molecule is [2H]C([2H])(Nc1ccc(S(=O)(=O)NC(=O)c2ccc(N3C([2H])([2H])C([2H])([2H])N(C([2H])([2H])C4=C(c5ccc(Cl)cc5)CC(C)(C)CC4)C([2H])([2H])C3([2H])[2H])cc2Oc2cnc3[nH]ccc3c2)cc1[N+](=O)[O-])C1CCOCC1. The molecule has 2 saturated heterocycles. The summed E-state index contributed by atoms with van der Waals surface area (Å²) in [5.41, 5.74) is -1.55. The van der Waals surface area contributed by atoms with Crippen molar-refractivity contribution in [2.45, 2.75) is 50.8 Å². The number of nitro benzene ring substituents is 1. The van der Waals surface area contributed by atoms with Gasteiger partial charge in [0.1, 0.15) is 22.8 Å². The molecule has 0 radical (unpaired) electrons. The number of nitrogens with one attached hydrogen (secondary N) is 3. The number of benzene rings is 3. The van der Waals surface area contributed by atoms with Crippen LogP contribution in [-0.4, -0.2) is 86.3 Å². The standard InChI is InChI=1S/C45H50ClN7O7S/c1-45(2)15-11-33(39(26-45)31-3-5-34(46)6-4-31)29-51-17-19-52(20-18-51)35-7-9-38(42(24-35)60-36-23-32-12-16-47-43(32)49-28-36)44(54)50-61(57,58)37-8-10-40(41(25-37)53(55)56)48-27-30-13-21-59-22-14-30/h3-10,12,16,23-25,28,30,48H,11,13-15,17-22,26-27,29H2,1-2H3,(H,47,49)(H,50,54)/i17D2,18D2,19D2,20D2,27D2,29D2. The number of piperazine rings is 1. The molecule has 14 nitrogen and oxygen atoms in total. The zero-order chi connectivity index (χ0) is 53.5. The Labute approximate surface area is 377 Å². The van der Waals surface area contributed by atoms with Crippen molar-refractivity contribution in [3.63, 3.8) is 0 Å². The van der Waals surface area contributed by atoms with Crippen LogP contribution in [0.1, 0.15) is 78.3 Å². The Morgan fingerprint density at radius 3 is 2.61 bits per heavy atom. The van der Waals surface area contributed by atoms with Crippen LogP contribution in [-0.2, 0) is 14.8 Å². The quantitative estimate of drug-likeness (QED) is 0.0764. The Morgan fingerprint density at radius 2 is 1.85 bits per heavy atom. The molecule has 0 spiro atoms. The number of H-pyrrole nitrogens is 1. The van der Waals surface area contributed by atoms with E-state index in [1.54, 1.807) is 36.5 Å². The number of carbonyl (C=O) groups is 1. The molecule has 0 saturated carbocycles. The number of rotatable bonds is 13. The maximum absolute atomic E-state index is 14.2. The fraction of sp³-hybridized carbons (Fsp3) is 0.378. The average molecular weight is 881 g/mol. The lowest BCUT2D eigenvalue weighted by atomic mass is 9.72. The van der Waals surface area contributed by atoms with Gasteiger partial charge in [0.15, 0.2) is 0 Å². The molecule has 8 rings (SSSR count). The third kappa shape index (κ3) is 10.0. The van der Waals surface area contributed by atoms with E-state index in [2.05, 4.69) is 15.3 Å². The number of hydrogen-bond donors (Lipinski definition) is 3. The number of aromatic nitrogens is 2. The predicted octanol–water partition coefficient (Wildman–Crippen LogP) is 8.66. The monoisotopic (exact) mass is 879 g/mol. The number of nitro groups is 1.